The van der Waals surface area contributed by atoms with Crippen LogP contribution in [0.1, 0.15) is 41.1 Å². The van der Waals surface area contributed by atoms with Gasteiger partial charge in [0.15, 0.2) is 16.6 Å². The van der Waals surface area contributed by atoms with Gasteiger partial charge in [0.25, 0.3) is 11.8 Å². The van der Waals surface area contributed by atoms with Crippen LogP contribution in [0.3, 0.4) is 0 Å². The van der Waals surface area contributed by atoms with E-state index in [-0.39, 0.29) is 17.2 Å². The Labute approximate surface area is 186 Å². The first-order chi connectivity index (χ1) is 15.0. The van der Waals surface area contributed by atoms with Crippen LogP contribution in [0.5, 0.6) is 17.2 Å². The summed E-state index contributed by atoms with van der Waals surface area (Å²) in [7, 11) is 4.45. The summed E-state index contributed by atoms with van der Waals surface area (Å²) < 4.78 is 15.8. The highest BCUT2D eigenvalue weighted by molar-refractivity contribution is 7.14. The standard InChI is InChI=1S/C21H30N4O5S/c1-6-25(7-2)10-8-9-22-20(27)15-13-31-21(23-15)24-19(26)14-11-17(29-4)18(30-5)12-16(14)28-3/h11-13H,6-10H2,1-5H3,(H,22,27)(H,23,24,26). The van der Waals surface area contributed by atoms with Crippen molar-refractivity contribution in [1.82, 2.24) is 15.2 Å². The van der Waals surface area contributed by atoms with Crippen LogP contribution in [-0.4, -0.2) is 69.2 Å². The average Bonchev–Trinajstić information content (AvgIpc) is 3.26. The van der Waals surface area contributed by atoms with Gasteiger partial charge in [0, 0.05) is 24.1 Å². The number of rotatable bonds is 12. The summed E-state index contributed by atoms with van der Waals surface area (Å²) in [6.45, 7) is 7.71. The quantitative estimate of drug-likeness (QED) is 0.480. The summed E-state index contributed by atoms with van der Waals surface area (Å²) in [6.07, 6.45) is 0.861. The Morgan fingerprint density at radius 1 is 1.00 bits per heavy atom. The van der Waals surface area contributed by atoms with E-state index < -0.39 is 5.91 Å². The highest BCUT2D eigenvalue weighted by Crippen LogP contribution is 2.35. The maximum Gasteiger partial charge on any atom is 0.270 e. The van der Waals surface area contributed by atoms with Crippen LogP contribution in [0.15, 0.2) is 17.5 Å². The lowest BCUT2D eigenvalue weighted by atomic mass is 10.1. The van der Waals surface area contributed by atoms with Crippen LogP contribution in [0.2, 0.25) is 0 Å². The molecule has 2 rings (SSSR count). The smallest absolute Gasteiger partial charge is 0.270 e. The highest BCUT2D eigenvalue weighted by Gasteiger charge is 2.19. The molecule has 2 amide bonds. The van der Waals surface area contributed by atoms with E-state index in [1.54, 1.807) is 11.4 Å². The van der Waals surface area contributed by atoms with Gasteiger partial charge in [-0.05, 0) is 26.1 Å². The van der Waals surface area contributed by atoms with Gasteiger partial charge < -0.3 is 24.4 Å². The Bertz CT molecular complexity index is 883. The van der Waals surface area contributed by atoms with Crippen molar-refractivity contribution in [2.75, 3.05) is 52.8 Å². The highest BCUT2D eigenvalue weighted by atomic mass is 32.1. The zero-order valence-electron chi connectivity index (χ0n) is 18.6. The molecule has 0 saturated heterocycles. The van der Waals surface area contributed by atoms with E-state index in [4.69, 9.17) is 14.2 Å². The number of hydrogen-bond acceptors (Lipinski definition) is 8. The molecule has 0 unspecified atom stereocenters. The van der Waals surface area contributed by atoms with Gasteiger partial charge in [0.1, 0.15) is 11.4 Å². The maximum atomic E-state index is 12.7. The number of carbonyl (C=O) groups is 2. The number of nitrogens with one attached hydrogen (secondary N) is 2. The van der Waals surface area contributed by atoms with E-state index in [2.05, 4.69) is 34.4 Å². The van der Waals surface area contributed by atoms with Crippen LogP contribution in [0, 0.1) is 0 Å². The normalized spacial score (nSPS) is 10.6. The first kappa shape index (κ1) is 24.4. The molecule has 0 aliphatic heterocycles. The molecule has 2 N–H and O–H groups in total. The molecule has 0 bridgehead atoms. The number of hydrogen-bond donors (Lipinski definition) is 2. The van der Waals surface area contributed by atoms with E-state index in [0.29, 0.717) is 28.9 Å². The number of carbonyl (C=O) groups excluding carboxylic acids is 2. The van der Waals surface area contributed by atoms with E-state index in [1.165, 1.54) is 38.7 Å². The zero-order chi connectivity index (χ0) is 22.8. The van der Waals surface area contributed by atoms with Crippen LogP contribution in [0.4, 0.5) is 5.13 Å². The summed E-state index contributed by atoms with van der Waals surface area (Å²) in [4.78, 5) is 31.6. The molecule has 170 valence electrons. The molecular weight excluding hydrogens is 420 g/mol. The van der Waals surface area contributed by atoms with Gasteiger partial charge in [-0.25, -0.2) is 4.98 Å². The van der Waals surface area contributed by atoms with Crippen molar-refractivity contribution in [1.29, 1.82) is 0 Å². The van der Waals surface area contributed by atoms with Crippen molar-refractivity contribution >= 4 is 28.3 Å². The molecule has 0 aliphatic rings. The number of anilines is 1. The summed E-state index contributed by atoms with van der Waals surface area (Å²) in [5.74, 6) is 0.485. The van der Waals surface area contributed by atoms with Crippen LogP contribution < -0.4 is 24.8 Å². The second-order valence-electron chi connectivity index (χ2n) is 6.54. The Kier molecular flexibility index (Phi) is 9.54. The van der Waals surface area contributed by atoms with Gasteiger partial charge in [-0.15, -0.1) is 11.3 Å². The predicted octanol–water partition coefficient (Wildman–Crippen LogP) is 2.88. The van der Waals surface area contributed by atoms with Crippen LogP contribution in [-0.2, 0) is 0 Å². The fraction of sp³-hybridized carbons (Fsp3) is 0.476. The number of aromatic nitrogens is 1. The Morgan fingerprint density at radius 2 is 1.65 bits per heavy atom. The van der Waals surface area contributed by atoms with Crippen molar-refractivity contribution in [2.45, 2.75) is 20.3 Å². The van der Waals surface area contributed by atoms with Gasteiger partial charge in [0.2, 0.25) is 0 Å². The molecule has 0 fully saturated rings. The number of methoxy groups -OCH3 is 3. The van der Waals surface area contributed by atoms with Crippen molar-refractivity contribution in [2.24, 2.45) is 0 Å². The second-order valence-corrected chi connectivity index (χ2v) is 7.39. The fourth-order valence-corrected chi connectivity index (χ4v) is 3.63. The summed E-state index contributed by atoms with van der Waals surface area (Å²) in [5, 5.41) is 7.49. The molecule has 2 aromatic rings. The lowest BCUT2D eigenvalue weighted by Crippen LogP contribution is -2.30. The van der Waals surface area contributed by atoms with E-state index in [9.17, 15) is 9.59 Å². The largest absolute Gasteiger partial charge is 0.496 e. The van der Waals surface area contributed by atoms with Crippen molar-refractivity contribution in [3.8, 4) is 17.2 Å². The van der Waals surface area contributed by atoms with E-state index >= 15 is 0 Å². The lowest BCUT2D eigenvalue weighted by molar-refractivity contribution is 0.0946. The molecule has 1 heterocycles. The molecule has 0 atom stereocenters. The third kappa shape index (κ3) is 6.56. The number of thiazole rings is 1. The first-order valence-corrected chi connectivity index (χ1v) is 10.9. The van der Waals surface area contributed by atoms with Crippen LogP contribution >= 0.6 is 11.3 Å². The van der Waals surface area contributed by atoms with Gasteiger partial charge in [0.05, 0.1) is 26.9 Å². The summed E-state index contributed by atoms with van der Waals surface area (Å²) in [5.41, 5.74) is 0.528. The average molecular weight is 451 g/mol. The zero-order valence-corrected chi connectivity index (χ0v) is 19.4. The molecule has 10 heteroatoms. The van der Waals surface area contributed by atoms with Gasteiger partial charge in [-0.2, -0.15) is 0 Å². The van der Waals surface area contributed by atoms with Crippen molar-refractivity contribution < 1.29 is 23.8 Å². The van der Waals surface area contributed by atoms with Crippen molar-refractivity contribution in [3.05, 3.63) is 28.8 Å². The molecule has 0 radical (unpaired) electrons. The number of ether oxygens (including phenoxy) is 3. The minimum absolute atomic E-state index is 0.262. The second kappa shape index (κ2) is 12.1. The molecule has 31 heavy (non-hydrogen) atoms. The van der Waals surface area contributed by atoms with Crippen LogP contribution in [0.25, 0.3) is 0 Å². The minimum atomic E-state index is -0.432. The molecule has 1 aromatic heterocycles. The van der Waals surface area contributed by atoms with Gasteiger partial charge in [-0.1, -0.05) is 13.8 Å². The molecule has 1 aromatic carbocycles. The Balaban J connectivity index is 1.99. The monoisotopic (exact) mass is 450 g/mol. The molecule has 0 aliphatic carbocycles. The Morgan fingerprint density at radius 3 is 2.26 bits per heavy atom. The fourth-order valence-electron chi connectivity index (χ4n) is 2.94. The summed E-state index contributed by atoms with van der Waals surface area (Å²) >= 11 is 1.17. The predicted molar refractivity (Wildman–Crippen MR) is 121 cm³/mol. The third-order valence-electron chi connectivity index (χ3n) is 4.74. The minimum Gasteiger partial charge on any atom is -0.496 e. The Hall–Kier alpha value is -2.85. The number of amides is 2. The third-order valence-corrected chi connectivity index (χ3v) is 5.50. The number of benzene rings is 1. The lowest BCUT2D eigenvalue weighted by Gasteiger charge is -2.17. The van der Waals surface area contributed by atoms with E-state index in [0.717, 1.165) is 26.1 Å². The molecule has 0 spiro atoms. The van der Waals surface area contributed by atoms with Gasteiger partial charge in [-0.3, -0.25) is 14.9 Å². The first-order valence-electron chi connectivity index (χ1n) is 10.0. The maximum absolute atomic E-state index is 12.7. The SMILES string of the molecule is CCN(CC)CCCNC(=O)c1csc(NC(=O)c2cc(OC)c(OC)cc2OC)n1. The molecule has 0 saturated carbocycles. The van der Waals surface area contributed by atoms with E-state index in [1.807, 2.05) is 0 Å². The van der Waals surface area contributed by atoms with Gasteiger partial charge >= 0.3 is 0 Å². The summed E-state index contributed by atoms with van der Waals surface area (Å²) in [6, 6.07) is 3.11. The van der Waals surface area contributed by atoms with Crippen molar-refractivity contribution in [3.63, 3.8) is 0 Å². The molecule has 9 nitrogen and oxygen atoms in total. The molecular formula is C21H30N4O5S. The topological polar surface area (TPSA) is 102 Å². The number of nitrogens with zero attached hydrogens (tertiary/aromatic N) is 2.